The first-order valence-electron chi connectivity index (χ1n) is 7.09. The highest BCUT2D eigenvalue weighted by molar-refractivity contribution is 9.11. The maximum Gasteiger partial charge on any atom is 0.138 e. The number of aromatic nitrogens is 3. The number of likely N-dealkylation sites (N-methyl/N-ethyl adjacent to an activating group) is 1. The summed E-state index contributed by atoms with van der Waals surface area (Å²) in [6.45, 7) is 7.26. The molecule has 0 saturated carbocycles. The number of hydrogen-bond donors (Lipinski definition) is 1. The van der Waals surface area contributed by atoms with Crippen LogP contribution in [0.15, 0.2) is 33.5 Å². The van der Waals surface area contributed by atoms with Crippen LogP contribution < -0.4 is 5.32 Å². The summed E-state index contributed by atoms with van der Waals surface area (Å²) in [4.78, 5) is 4.42. The van der Waals surface area contributed by atoms with E-state index in [2.05, 4.69) is 80.2 Å². The molecule has 0 aliphatic rings. The molecule has 0 bridgehead atoms. The lowest BCUT2D eigenvalue weighted by atomic mass is 10.0. The SMILES string of the molecule is CCNC(Cc1ncnn1C(C)C)c1cc(Br)ccc1Br. The summed E-state index contributed by atoms with van der Waals surface area (Å²) < 4.78 is 4.16. The van der Waals surface area contributed by atoms with E-state index in [1.807, 2.05) is 10.7 Å². The highest BCUT2D eigenvalue weighted by Gasteiger charge is 2.18. The Bertz CT molecular complexity index is 595. The maximum absolute atomic E-state index is 4.42. The first-order chi connectivity index (χ1) is 10.0. The molecule has 0 amide bonds. The molecular formula is C15H20Br2N4. The molecule has 2 rings (SSSR count). The van der Waals surface area contributed by atoms with Crippen molar-refractivity contribution in [3.05, 3.63) is 44.9 Å². The van der Waals surface area contributed by atoms with E-state index in [4.69, 9.17) is 0 Å². The predicted molar refractivity (Wildman–Crippen MR) is 92.4 cm³/mol. The molecule has 0 aliphatic heterocycles. The summed E-state index contributed by atoms with van der Waals surface area (Å²) in [5, 5.41) is 7.86. The third kappa shape index (κ3) is 4.14. The number of hydrogen-bond acceptors (Lipinski definition) is 3. The van der Waals surface area contributed by atoms with Gasteiger partial charge in [-0.25, -0.2) is 9.67 Å². The number of rotatable bonds is 6. The standard InChI is InChI=1S/C15H20Br2N4/c1-4-18-14(12-7-11(16)5-6-13(12)17)8-15-19-9-20-21(15)10(2)3/h5-7,9-10,14,18H,4,8H2,1-3H3. The zero-order chi connectivity index (χ0) is 15.4. The monoisotopic (exact) mass is 414 g/mol. The van der Waals surface area contributed by atoms with Gasteiger partial charge >= 0.3 is 0 Å². The van der Waals surface area contributed by atoms with Gasteiger partial charge in [0.05, 0.1) is 0 Å². The van der Waals surface area contributed by atoms with Gasteiger partial charge in [0.2, 0.25) is 0 Å². The second-order valence-electron chi connectivity index (χ2n) is 5.19. The molecule has 0 fully saturated rings. The van der Waals surface area contributed by atoms with Crippen molar-refractivity contribution in [1.29, 1.82) is 0 Å². The molecule has 1 aromatic heterocycles. The van der Waals surface area contributed by atoms with Crippen LogP contribution in [0, 0.1) is 0 Å². The lowest BCUT2D eigenvalue weighted by molar-refractivity contribution is 0.468. The molecule has 1 N–H and O–H groups in total. The topological polar surface area (TPSA) is 42.7 Å². The number of benzene rings is 1. The Labute approximate surface area is 142 Å². The van der Waals surface area contributed by atoms with Crippen molar-refractivity contribution in [3.8, 4) is 0 Å². The zero-order valence-corrected chi connectivity index (χ0v) is 15.6. The van der Waals surface area contributed by atoms with Gasteiger partial charge in [-0.2, -0.15) is 5.10 Å². The minimum Gasteiger partial charge on any atom is -0.310 e. The van der Waals surface area contributed by atoms with Crippen LogP contribution in [0.3, 0.4) is 0 Å². The Morgan fingerprint density at radius 3 is 2.71 bits per heavy atom. The molecule has 0 aliphatic carbocycles. The van der Waals surface area contributed by atoms with E-state index in [1.165, 1.54) is 5.56 Å². The molecule has 0 spiro atoms. The highest BCUT2D eigenvalue weighted by atomic mass is 79.9. The summed E-state index contributed by atoms with van der Waals surface area (Å²) in [7, 11) is 0. The molecule has 1 aromatic carbocycles. The minimum absolute atomic E-state index is 0.198. The third-order valence-corrected chi connectivity index (χ3v) is 4.52. The first kappa shape index (κ1) is 16.6. The average Bonchev–Trinajstić information content (AvgIpc) is 2.89. The number of nitrogens with one attached hydrogen (secondary N) is 1. The Kier molecular flexibility index (Phi) is 5.96. The van der Waals surface area contributed by atoms with Gasteiger partial charge in [-0.05, 0) is 44.2 Å². The van der Waals surface area contributed by atoms with E-state index in [0.29, 0.717) is 6.04 Å². The van der Waals surface area contributed by atoms with Crippen molar-refractivity contribution in [2.24, 2.45) is 0 Å². The molecule has 1 atom stereocenters. The van der Waals surface area contributed by atoms with E-state index in [9.17, 15) is 0 Å². The molecule has 1 heterocycles. The van der Waals surface area contributed by atoms with E-state index < -0.39 is 0 Å². The van der Waals surface area contributed by atoms with Crippen LogP contribution in [-0.2, 0) is 6.42 Å². The van der Waals surface area contributed by atoms with Gasteiger partial charge in [-0.15, -0.1) is 0 Å². The van der Waals surface area contributed by atoms with E-state index >= 15 is 0 Å². The van der Waals surface area contributed by atoms with Crippen molar-refractivity contribution in [3.63, 3.8) is 0 Å². The van der Waals surface area contributed by atoms with Crippen LogP contribution in [-0.4, -0.2) is 21.3 Å². The summed E-state index contributed by atoms with van der Waals surface area (Å²) >= 11 is 7.20. The zero-order valence-electron chi connectivity index (χ0n) is 12.5. The summed E-state index contributed by atoms with van der Waals surface area (Å²) in [6.07, 6.45) is 2.44. The van der Waals surface area contributed by atoms with Gasteiger partial charge in [0.1, 0.15) is 12.2 Å². The van der Waals surface area contributed by atoms with Gasteiger partial charge < -0.3 is 5.32 Å². The van der Waals surface area contributed by atoms with E-state index in [1.54, 1.807) is 6.33 Å². The minimum atomic E-state index is 0.198. The molecular weight excluding hydrogens is 396 g/mol. The van der Waals surface area contributed by atoms with Crippen molar-refractivity contribution >= 4 is 31.9 Å². The second kappa shape index (κ2) is 7.51. The molecule has 6 heteroatoms. The van der Waals surface area contributed by atoms with Crippen molar-refractivity contribution < 1.29 is 0 Å². The molecule has 21 heavy (non-hydrogen) atoms. The fourth-order valence-corrected chi connectivity index (χ4v) is 3.26. The van der Waals surface area contributed by atoms with Gasteiger partial charge in [0, 0.05) is 27.4 Å². The molecule has 0 saturated heterocycles. The van der Waals surface area contributed by atoms with Crippen LogP contribution in [0.25, 0.3) is 0 Å². The molecule has 114 valence electrons. The molecule has 4 nitrogen and oxygen atoms in total. The van der Waals surface area contributed by atoms with Crippen LogP contribution in [0.2, 0.25) is 0 Å². The van der Waals surface area contributed by atoms with Gasteiger partial charge in [0.25, 0.3) is 0 Å². The Hall–Kier alpha value is -0.720. The van der Waals surface area contributed by atoms with Crippen molar-refractivity contribution in [2.45, 2.75) is 39.3 Å². The van der Waals surface area contributed by atoms with Gasteiger partial charge in [-0.1, -0.05) is 38.8 Å². The number of halogens is 2. The lowest BCUT2D eigenvalue weighted by Gasteiger charge is -2.20. The largest absolute Gasteiger partial charge is 0.310 e. The third-order valence-electron chi connectivity index (χ3n) is 3.31. The average molecular weight is 416 g/mol. The lowest BCUT2D eigenvalue weighted by Crippen LogP contribution is -2.25. The van der Waals surface area contributed by atoms with E-state index in [-0.39, 0.29) is 6.04 Å². The summed E-state index contributed by atoms with van der Waals surface area (Å²) in [5.41, 5.74) is 1.23. The first-order valence-corrected chi connectivity index (χ1v) is 8.68. The van der Waals surface area contributed by atoms with Crippen LogP contribution in [0.1, 0.15) is 44.2 Å². The van der Waals surface area contributed by atoms with Gasteiger partial charge in [-0.3, -0.25) is 0 Å². The Morgan fingerprint density at radius 2 is 2.05 bits per heavy atom. The summed E-state index contributed by atoms with van der Waals surface area (Å²) in [6, 6.07) is 6.76. The fraction of sp³-hybridized carbons (Fsp3) is 0.467. The summed E-state index contributed by atoms with van der Waals surface area (Å²) in [5.74, 6) is 1.00. The molecule has 1 unspecified atom stereocenters. The van der Waals surface area contributed by atoms with Crippen LogP contribution >= 0.6 is 31.9 Å². The molecule has 0 radical (unpaired) electrons. The quantitative estimate of drug-likeness (QED) is 0.765. The Morgan fingerprint density at radius 1 is 1.29 bits per heavy atom. The normalized spacial score (nSPS) is 12.9. The smallest absolute Gasteiger partial charge is 0.138 e. The highest BCUT2D eigenvalue weighted by Crippen LogP contribution is 2.29. The van der Waals surface area contributed by atoms with Crippen molar-refractivity contribution in [2.75, 3.05) is 6.54 Å². The van der Waals surface area contributed by atoms with Crippen LogP contribution in [0.5, 0.6) is 0 Å². The van der Waals surface area contributed by atoms with Gasteiger partial charge in [0.15, 0.2) is 0 Å². The van der Waals surface area contributed by atoms with E-state index in [0.717, 1.165) is 27.7 Å². The van der Waals surface area contributed by atoms with Crippen molar-refractivity contribution in [1.82, 2.24) is 20.1 Å². The second-order valence-corrected chi connectivity index (χ2v) is 6.96. The fourth-order valence-electron chi connectivity index (χ4n) is 2.35. The Balaban J connectivity index is 2.31. The number of nitrogens with zero attached hydrogens (tertiary/aromatic N) is 3. The maximum atomic E-state index is 4.42. The predicted octanol–water partition coefficient (Wildman–Crippen LogP) is 4.28. The van der Waals surface area contributed by atoms with Crippen LogP contribution in [0.4, 0.5) is 0 Å². The molecule has 2 aromatic rings.